The maximum absolute atomic E-state index is 12.9. The van der Waals surface area contributed by atoms with Crippen molar-refractivity contribution >= 4 is 6.03 Å². The van der Waals surface area contributed by atoms with E-state index in [1.165, 1.54) is 24.3 Å². The molecule has 1 aromatic heterocycles. The summed E-state index contributed by atoms with van der Waals surface area (Å²) in [6.07, 6.45) is -2.31. The summed E-state index contributed by atoms with van der Waals surface area (Å²) in [6, 6.07) is 5.34. The molecule has 30 heavy (non-hydrogen) atoms. The topological polar surface area (TPSA) is 81.5 Å². The van der Waals surface area contributed by atoms with E-state index in [9.17, 15) is 18.0 Å². The number of aromatic nitrogens is 3. The standard InChI is InChI=1S/C19H22F3N5O3/c1-29-11-17-25-24-16-8-13-4-5-14(10-26(16)17)27(13)18(28)23-9-12-2-6-15(7-3-12)30-19(20,21)22/h2-3,6-7,13-14H,4-5,8-11H2,1H3,(H,23,28)/t13-,14+/m0/s1. The second-order valence-corrected chi connectivity index (χ2v) is 7.42. The summed E-state index contributed by atoms with van der Waals surface area (Å²) < 4.78 is 47.8. The van der Waals surface area contributed by atoms with Gasteiger partial charge in [-0.15, -0.1) is 23.4 Å². The van der Waals surface area contributed by atoms with Crippen LogP contribution in [-0.2, 0) is 30.9 Å². The first-order valence-electron chi connectivity index (χ1n) is 9.65. The number of fused-ring (bicyclic) bond motifs is 3. The van der Waals surface area contributed by atoms with Crippen molar-refractivity contribution in [1.82, 2.24) is 25.0 Å². The number of amides is 2. The van der Waals surface area contributed by atoms with E-state index in [4.69, 9.17) is 4.74 Å². The third kappa shape index (κ3) is 4.35. The first kappa shape index (κ1) is 20.5. The number of carbonyl (C=O) groups excluding carboxylic acids is 1. The molecule has 162 valence electrons. The van der Waals surface area contributed by atoms with E-state index in [0.717, 1.165) is 24.5 Å². The Kier molecular flexibility index (Phi) is 5.54. The molecular formula is C19H22F3N5O3. The molecular weight excluding hydrogens is 403 g/mol. The molecule has 2 aliphatic rings. The number of methoxy groups -OCH3 is 1. The highest BCUT2D eigenvalue weighted by atomic mass is 19.4. The Morgan fingerprint density at radius 3 is 2.63 bits per heavy atom. The number of hydrogen-bond acceptors (Lipinski definition) is 5. The van der Waals surface area contributed by atoms with Crippen molar-refractivity contribution in [1.29, 1.82) is 0 Å². The summed E-state index contributed by atoms with van der Waals surface area (Å²) in [7, 11) is 1.60. The first-order chi connectivity index (χ1) is 14.3. The normalized spacial score (nSPS) is 20.6. The van der Waals surface area contributed by atoms with Crippen molar-refractivity contribution in [3.05, 3.63) is 41.5 Å². The van der Waals surface area contributed by atoms with Crippen LogP contribution in [0.2, 0.25) is 0 Å². The fourth-order valence-electron chi connectivity index (χ4n) is 4.14. The molecule has 2 atom stereocenters. The van der Waals surface area contributed by atoms with Crippen LogP contribution < -0.4 is 10.1 Å². The number of carbonyl (C=O) groups is 1. The van der Waals surface area contributed by atoms with Crippen LogP contribution in [0.3, 0.4) is 0 Å². The second-order valence-electron chi connectivity index (χ2n) is 7.42. The zero-order valence-electron chi connectivity index (χ0n) is 16.4. The summed E-state index contributed by atoms with van der Waals surface area (Å²) in [6.45, 7) is 1.20. The minimum atomic E-state index is -4.73. The number of urea groups is 1. The number of nitrogens with zero attached hydrogens (tertiary/aromatic N) is 4. The minimum Gasteiger partial charge on any atom is -0.406 e. The lowest BCUT2D eigenvalue weighted by molar-refractivity contribution is -0.274. The van der Waals surface area contributed by atoms with Crippen LogP contribution in [0.15, 0.2) is 24.3 Å². The Labute approximate surface area is 171 Å². The van der Waals surface area contributed by atoms with E-state index in [0.29, 0.717) is 25.1 Å². The first-order valence-corrected chi connectivity index (χ1v) is 9.65. The summed E-state index contributed by atoms with van der Waals surface area (Å²) >= 11 is 0. The van der Waals surface area contributed by atoms with Gasteiger partial charge in [-0.05, 0) is 30.5 Å². The van der Waals surface area contributed by atoms with E-state index in [-0.39, 0.29) is 30.4 Å². The van der Waals surface area contributed by atoms with E-state index in [2.05, 4.69) is 20.3 Å². The zero-order valence-corrected chi connectivity index (χ0v) is 16.4. The highest BCUT2D eigenvalue weighted by molar-refractivity contribution is 5.75. The van der Waals surface area contributed by atoms with Crippen LogP contribution in [-0.4, -0.2) is 51.3 Å². The lowest BCUT2D eigenvalue weighted by atomic mass is 10.1. The molecule has 4 rings (SSSR count). The average molecular weight is 425 g/mol. The average Bonchev–Trinajstić information content (AvgIpc) is 3.19. The van der Waals surface area contributed by atoms with Crippen molar-refractivity contribution in [3.8, 4) is 5.75 Å². The van der Waals surface area contributed by atoms with Gasteiger partial charge in [0.25, 0.3) is 0 Å². The molecule has 1 aromatic carbocycles. The smallest absolute Gasteiger partial charge is 0.406 e. The summed E-state index contributed by atoms with van der Waals surface area (Å²) in [5.74, 6) is 1.31. The fraction of sp³-hybridized carbons (Fsp3) is 0.526. The predicted octanol–water partition coefficient (Wildman–Crippen LogP) is 2.62. The van der Waals surface area contributed by atoms with Gasteiger partial charge in [-0.1, -0.05) is 12.1 Å². The van der Waals surface area contributed by atoms with Gasteiger partial charge < -0.3 is 24.3 Å². The van der Waals surface area contributed by atoms with E-state index < -0.39 is 6.36 Å². The van der Waals surface area contributed by atoms with Crippen LogP contribution in [0, 0.1) is 0 Å². The van der Waals surface area contributed by atoms with Gasteiger partial charge in [-0.3, -0.25) is 0 Å². The Morgan fingerprint density at radius 1 is 1.20 bits per heavy atom. The molecule has 0 spiro atoms. The van der Waals surface area contributed by atoms with Gasteiger partial charge in [0.2, 0.25) is 0 Å². The van der Waals surface area contributed by atoms with Crippen molar-refractivity contribution < 1.29 is 27.4 Å². The third-order valence-corrected chi connectivity index (χ3v) is 5.44. The van der Waals surface area contributed by atoms with Crippen molar-refractivity contribution in [2.45, 2.75) is 57.4 Å². The molecule has 1 saturated heterocycles. The summed E-state index contributed by atoms with van der Waals surface area (Å²) in [5.41, 5.74) is 0.680. The van der Waals surface area contributed by atoms with Gasteiger partial charge in [0, 0.05) is 32.7 Å². The number of alkyl halides is 3. The maximum Gasteiger partial charge on any atom is 0.573 e. The Hall–Kier alpha value is -2.82. The van der Waals surface area contributed by atoms with Crippen molar-refractivity contribution in [2.24, 2.45) is 0 Å². The van der Waals surface area contributed by atoms with Crippen LogP contribution in [0.1, 0.15) is 30.1 Å². The molecule has 0 unspecified atom stereocenters. The number of nitrogens with one attached hydrogen (secondary N) is 1. The molecule has 1 fully saturated rings. The molecule has 2 bridgehead atoms. The Balaban J connectivity index is 1.38. The number of benzene rings is 1. The monoisotopic (exact) mass is 425 g/mol. The number of halogens is 3. The van der Waals surface area contributed by atoms with Gasteiger partial charge in [-0.25, -0.2) is 4.79 Å². The number of ether oxygens (including phenoxy) is 2. The third-order valence-electron chi connectivity index (χ3n) is 5.44. The highest BCUT2D eigenvalue weighted by Crippen LogP contribution is 2.31. The highest BCUT2D eigenvalue weighted by Gasteiger charge is 2.41. The van der Waals surface area contributed by atoms with Crippen molar-refractivity contribution in [3.63, 3.8) is 0 Å². The molecule has 3 heterocycles. The van der Waals surface area contributed by atoms with Gasteiger partial charge in [0.15, 0.2) is 5.82 Å². The molecule has 1 N–H and O–H groups in total. The molecule has 11 heteroatoms. The van der Waals surface area contributed by atoms with E-state index >= 15 is 0 Å². The second kappa shape index (κ2) is 8.13. The van der Waals surface area contributed by atoms with Gasteiger partial charge in [0.05, 0.1) is 6.04 Å². The van der Waals surface area contributed by atoms with Crippen molar-refractivity contribution in [2.75, 3.05) is 7.11 Å². The SMILES string of the molecule is COCc1nnc2n1C[C@H]1CC[C@@H](C2)N1C(=O)NCc1ccc(OC(F)(F)F)cc1. The lowest BCUT2D eigenvalue weighted by Gasteiger charge is -2.28. The maximum atomic E-state index is 12.9. The quantitative estimate of drug-likeness (QED) is 0.797. The van der Waals surface area contributed by atoms with Crippen LogP contribution in [0.4, 0.5) is 18.0 Å². The Morgan fingerprint density at radius 2 is 1.93 bits per heavy atom. The molecule has 0 radical (unpaired) electrons. The minimum absolute atomic E-state index is 0.0328. The van der Waals surface area contributed by atoms with Crippen LogP contribution in [0.5, 0.6) is 5.75 Å². The van der Waals surface area contributed by atoms with E-state index in [1.54, 1.807) is 7.11 Å². The van der Waals surface area contributed by atoms with E-state index in [1.807, 2.05) is 9.47 Å². The summed E-state index contributed by atoms with van der Waals surface area (Å²) in [5, 5.41) is 11.3. The van der Waals surface area contributed by atoms with Crippen LogP contribution in [0.25, 0.3) is 0 Å². The van der Waals surface area contributed by atoms with Gasteiger partial charge in [0.1, 0.15) is 18.2 Å². The number of rotatable bonds is 5. The molecule has 0 saturated carbocycles. The Bertz CT molecular complexity index is 900. The fourth-order valence-corrected chi connectivity index (χ4v) is 4.14. The predicted molar refractivity (Wildman–Crippen MR) is 98.4 cm³/mol. The number of hydrogen-bond donors (Lipinski definition) is 1. The van der Waals surface area contributed by atoms with Gasteiger partial charge in [-0.2, -0.15) is 0 Å². The molecule has 2 aliphatic heterocycles. The van der Waals surface area contributed by atoms with Crippen LogP contribution >= 0.6 is 0 Å². The largest absolute Gasteiger partial charge is 0.573 e. The zero-order chi connectivity index (χ0) is 21.3. The summed E-state index contributed by atoms with van der Waals surface area (Å²) in [4.78, 5) is 14.8. The lowest BCUT2D eigenvalue weighted by Crippen LogP contribution is -2.47. The molecule has 8 nitrogen and oxygen atoms in total. The molecule has 2 aromatic rings. The molecule has 0 aliphatic carbocycles. The molecule has 2 amide bonds. The van der Waals surface area contributed by atoms with Gasteiger partial charge >= 0.3 is 12.4 Å².